The van der Waals surface area contributed by atoms with Gasteiger partial charge >= 0.3 is 0 Å². The minimum atomic E-state index is 0.0491. The molecule has 1 saturated heterocycles. The number of piperidine rings is 1. The van der Waals surface area contributed by atoms with Crippen LogP contribution >= 0.6 is 0 Å². The van der Waals surface area contributed by atoms with Crippen molar-refractivity contribution >= 4 is 11.3 Å². The molecule has 0 bridgehead atoms. The Morgan fingerprint density at radius 2 is 1.95 bits per heavy atom. The molecule has 0 aliphatic carbocycles. The summed E-state index contributed by atoms with van der Waals surface area (Å²) in [7, 11) is 0. The summed E-state index contributed by atoms with van der Waals surface area (Å²) >= 11 is 0. The molecule has 0 unspecified atom stereocenters. The van der Waals surface area contributed by atoms with E-state index < -0.39 is 0 Å². The molecule has 2 N–H and O–H groups in total. The fourth-order valence-electron chi connectivity index (χ4n) is 2.63. The van der Waals surface area contributed by atoms with Gasteiger partial charge in [-0.15, -0.1) is 0 Å². The topological polar surface area (TPSA) is 59.5 Å². The van der Waals surface area contributed by atoms with Crippen LogP contribution in [-0.4, -0.2) is 33.7 Å². The van der Waals surface area contributed by atoms with Crippen molar-refractivity contribution in [3.63, 3.8) is 0 Å². The molecular formula is C15H23N5. The zero-order valence-corrected chi connectivity index (χ0v) is 12.5. The van der Waals surface area contributed by atoms with Crippen LogP contribution in [0.15, 0.2) is 18.5 Å². The molecule has 5 heteroatoms. The molecule has 5 nitrogen and oxygen atoms in total. The molecule has 0 radical (unpaired) electrons. The van der Waals surface area contributed by atoms with E-state index in [-0.39, 0.29) is 5.41 Å². The third-order valence-electron chi connectivity index (χ3n) is 3.98. The van der Waals surface area contributed by atoms with Crippen molar-refractivity contribution < 1.29 is 0 Å². The highest BCUT2D eigenvalue weighted by atomic mass is 15.3. The van der Waals surface area contributed by atoms with Gasteiger partial charge in [-0.2, -0.15) is 5.10 Å². The monoisotopic (exact) mass is 273 g/mol. The van der Waals surface area contributed by atoms with Gasteiger partial charge in [-0.05, 0) is 18.9 Å². The number of anilines is 1. The van der Waals surface area contributed by atoms with Gasteiger partial charge < -0.3 is 10.6 Å². The highest BCUT2D eigenvalue weighted by Gasteiger charge is 2.22. The van der Waals surface area contributed by atoms with E-state index in [1.54, 1.807) is 0 Å². The second kappa shape index (κ2) is 4.74. The van der Waals surface area contributed by atoms with Crippen LogP contribution in [0, 0.1) is 0 Å². The van der Waals surface area contributed by atoms with E-state index in [1.807, 2.05) is 16.9 Å². The van der Waals surface area contributed by atoms with Gasteiger partial charge in [0.1, 0.15) is 5.52 Å². The van der Waals surface area contributed by atoms with Gasteiger partial charge in [0.2, 0.25) is 0 Å². The van der Waals surface area contributed by atoms with E-state index in [4.69, 9.17) is 5.73 Å². The molecule has 0 atom stereocenters. The minimum absolute atomic E-state index is 0.0491. The average molecular weight is 273 g/mol. The quantitative estimate of drug-likeness (QED) is 0.863. The Bertz CT molecular complexity index is 602. The van der Waals surface area contributed by atoms with E-state index in [0.29, 0.717) is 6.04 Å². The Balaban J connectivity index is 2.01. The predicted molar refractivity (Wildman–Crippen MR) is 81.1 cm³/mol. The Morgan fingerprint density at radius 3 is 2.60 bits per heavy atom. The lowest BCUT2D eigenvalue weighted by Crippen LogP contribution is -2.40. The third-order valence-corrected chi connectivity index (χ3v) is 3.98. The maximum absolute atomic E-state index is 5.98. The van der Waals surface area contributed by atoms with E-state index in [1.165, 1.54) is 0 Å². The van der Waals surface area contributed by atoms with Crippen molar-refractivity contribution in [2.24, 2.45) is 5.73 Å². The molecule has 3 heterocycles. The van der Waals surface area contributed by atoms with Gasteiger partial charge in [0.15, 0.2) is 5.82 Å². The van der Waals surface area contributed by atoms with Crippen LogP contribution in [-0.2, 0) is 5.41 Å². The van der Waals surface area contributed by atoms with Crippen molar-refractivity contribution in [3.05, 3.63) is 24.2 Å². The summed E-state index contributed by atoms with van der Waals surface area (Å²) in [6, 6.07) is 2.50. The van der Waals surface area contributed by atoms with Crippen molar-refractivity contribution in [3.8, 4) is 0 Å². The molecule has 2 aromatic heterocycles. The lowest BCUT2D eigenvalue weighted by molar-refractivity contribution is 0.499. The summed E-state index contributed by atoms with van der Waals surface area (Å²) in [5.74, 6) is 1.03. The van der Waals surface area contributed by atoms with Crippen LogP contribution in [0.2, 0.25) is 0 Å². The Kier molecular flexibility index (Phi) is 3.17. The average Bonchev–Trinajstić information content (AvgIpc) is 2.83. The molecule has 1 fully saturated rings. The highest BCUT2D eigenvalue weighted by Crippen LogP contribution is 2.27. The van der Waals surface area contributed by atoms with E-state index in [0.717, 1.165) is 43.0 Å². The van der Waals surface area contributed by atoms with Crippen LogP contribution < -0.4 is 10.6 Å². The first-order valence-electron chi connectivity index (χ1n) is 7.30. The van der Waals surface area contributed by atoms with Gasteiger partial charge in [-0.25, -0.2) is 9.50 Å². The maximum Gasteiger partial charge on any atom is 0.154 e. The minimum Gasteiger partial charge on any atom is -0.355 e. The fraction of sp³-hybridized carbons (Fsp3) is 0.600. The van der Waals surface area contributed by atoms with Crippen LogP contribution in [0.3, 0.4) is 0 Å². The first kappa shape index (κ1) is 13.4. The van der Waals surface area contributed by atoms with Gasteiger partial charge in [0.05, 0.1) is 5.69 Å². The number of fused-ring (bicyclic) bond motifs is 1. The molecule has 1 aliphatic heterocycles. The number of hydrogen-bond donors (Lipinski definition) is 1. The van der Waals surface area contributed by atoms with Crippen molar-refractivity contribution in [1.82, 2.24) is 14.6 Å². The van der Waals surface area contributed by atoms with Crippen LogP contribution in [0.4, 0.5) is 5.82 Å². The molecule has 108 valence electrons. The fourth-order valence-corrected chi connectivity index (χ4v) is 2.63. The molecule has 0 amide bonds. The predicted octanol–water partition coefficient (Wildman–Crippen LogP) is 1.95. The van der Waals surface area contributed by atoms with Gasteiger partial charge in [-0.3, -0.25) is 0 Å². The van der Waals surface area contributed by atoms with Gasteiger partial charge in [-0.1, -0.05) is 20.8 Å². The molecule has 3 rings (SSSR count). The van der Waals surface area contributed by atoms with Crippen LogP contribution in [0.25, 0.3) is 5.52 Å². The summed E-state index contributed by atoms with van der Waals surface area (Å²) in [6.45, 7) is 8.50. The van der Waals surface area contributed by atoms with Crippen LogP contribution in [0.1, 0.15) is 39.3 Å². The third kappa shape index (κ3) is 2.38. The van der Waals surface area contributed by atoms with Gasteiger partial charge in [0.25, 0.3) is 0 Å². The number of rotatable bonds is 1. The molecule has 0 aromatic carbocycles. The second-order valence-electron chi connectivity index (χ2n) is 6.68. The number of aromatic nitrogens is 3. The number of nitrogens with zero attached hydrogens (tertiary/aromatic N) is 4. The zero-order valence-electron chi connectivity index (χ0n) is 12.5. The SMILES string of the molecule is CC(C)(C)c1cc2c(N3CCC(N)CC3)nccn2n1. The molecule has 2 aromatic rings. The highest BCUT2D eigenvalue weighted by molar-refractivity contribution is 5.69. The van der Waals surface area contributed by atoms with Crippen molar-refractivity contribution in [1.29, 1.82) is 0 Å². The lowest BCUT2D eigenvalue weighted by atomic mass is 9.92. The smallest absolute Gasteiger partial charge is 0.154 e. The summed E-state index contributed by atoms with van der Waals surface area (Å²) in [4.78, 5) is 6.90. The first-order chi connectivity index (χ1) is 9.45. The normalized spacial score (nSPS) is 17.9. The summed E-state index contributed by atoms with van der Waals surface area (Å²) in [5, 5.41) is 4.68. The van der Waals surface area contributed by atoms with E-state index in [9.17, 15) is 0 Å². The largest absolute Gasteiger partial charge is 0.355 e. The maximum atomic E-state index is 5.98. The van der Waals surface area contributed by atoms with Crippen molar-refractivity contribution in [2.45, 2.75) is 45.1 Å². The summed E-state index contributed by atoms with van der Waals surface area (Å²) in [6.07, 6.45) is 5.81. The Morgan fingerprint density at radius 1 is 1.25 bits per heavy atom. The molecule has 0 spiro atoms. The molecular weight excluding hydrogens is 250 g/mol. The number of nitrogens with two attached hydrogens (primary N) is 1. The van der Waals surface area contributed by atoms with Gasteiger partial charge in [0, 0.05) is 36.9 Å². The molecule has 1 aliphatic rings. The van der Waals surface area contributed by atoms with Crippen molar-refractivity contribution in [2.75, 3.05) is 18.0 Å². The Hall–Kier alpha value is -1.62. The zero-order chi connectivity index (χ0) is 14.3. The standard InChI is InChI=1S/C15H23N5/c1-15(2,3)13-10-12-14(17-6-9-20(12)18-13)19-7-4-11(16)5-8-19/h6,9-11H,4-5,7-8,16H2,1-3H3. The van der Waals surface area contributed by atoms with E-state index >= 15 is 0 Å². The summed E-state index contributed by atoms with van der Waals surface area (Å²) in [5.41, 5.74) is 8.22. The first-order valence-corrected chi connectivity index (χ1v) is 7.30. The second-order valence-corrected chi connectivity index (χ2v) is 6.68. The molecule has 20 heavy (non-hydrogen) atoms. The lowest BCUT2D eigenvalue weighted by Gasteiger charge is -2.31. The summed E-state index contributed by atoms with van der Waals surface area (Å²) < 4.78 is 1.94. The van der Waals surface area contributed by atoms with Crippen LogP contribution in [0.5, 0.6) is 0 Å². The number of hydrogen-bond acceptors (Lipinski definition) is 4. The Labute approximate surface area is 119 Å². The molecule has 0 saturated carbocycles. The van der Waals surface area contributed by atoms with E-state index in [2.05, 4.69) is 41.8 Å².